The first kappa shape index (κ1) is 12.5. The lowest BCUT2D eigenvalue weighted by Crippen LogP contribution is -2.32. The van der Waals surface area contributed by atoms with Crippen LogP contribution in [0.5, 0.6) is 5.75 Å². The van der Waals surface area contributed by atoms with E-state index in [9.17, 15) is 0 Å². The Bertz CT molecular complexity index is 893. The molecule has 5 rings (SSSR count). The van der Waals surface area contributed by atoms with Crippen molar-refractivity contribution in [3.8, 4) is 17.0 Å². The molecule has 3 aromatic rings. The van der Waals surface area contributed by atoms with Crippen molar-refractivity contribution < 1.29 is 4.74 Å². The van der Waals surface area contributed by atoms with E-state index in [0.29, 0.717) is 5.13 Å². The zero-order valence-corrected chi connectivity index (χ0v) is 13.0. The van der Waals surface area contributed by atoms with Gasteiger partial charge in [-0.1, -0.05) is 41.7 Å². The molecule has 0 atom stereocenters. The lowest BCUT2D eigenvalue weighted by molar-refractivity contribution is 0.0751. The zero-order chi connectivity index (χ0) is 14.7. The van der Waals surface area contributed by atoms with Gasteiger partial charge in [0.05, 0.1) is 16.1 Å². The van der Waals surface area contributed by atoms with E-state index in [4.69, 9.17) is 10.5 Å². The highest BCUT2D eigenvalue weighted by Crippen LogP contribution is 2.55. The van der Waals surface area contributed by atoms with Crippen LogP contribution in [0.1, 0.15) is 30.6 Å². The van der Waals surface area contributed by atoms with Gasteiger partial charge < -0.3 is 10.5 Å². The predicted molar refractivity (Wildman–Crippen MR) is 90.2 cm³/mol. The fourth-order valence-electron chi connectivity index (χ4n) is 3.93. The normalized spacial score (nSPS) is 18.2. The summed E-state index contributed by atoms with van der Waals surface area (Å²) in [6.07, 6.45) is 4.54. The van der Waals surface area contributed by atoms with Crippen molar-refractivity contribution in [1.29, 1.82) is 0 Å². The predicted octanol–water partition coefficient (Wildman–Crippen LogP) is 4.71. The van der Waals surface area contributed by atoms with Crippen LogP contribution in [0, 0.1) is 0 Å². The summed E-state index contributed by atoms with van der Waals surface area (Å²) in [5.74, 6) is 0.957. The molecule has 1 saturated carbocycles. The summed E-state index contributed by atoms with van der Waals surface area (Å²) in [4.78, 5) is 5.91. The molecule has 4 heteroatoms. The molecule has 22 heavy (non-hydrogen) atoms. The third-order valence-electron chi connectivity index (χ3n) is 4.90. The molecule has 1 aliphatic heterocycles. The highest BCUT2D eigenvalue weighted by molar-refractivity contribution is 7.16. The number of benzene rings is 2. The van der Waals surface area contributed by atoms with E-state index in [1.807, 2.05) is 0 Å². The summed E-state index contributed by atoms with van der Waals surface area (Å²) in [6, 6.07) is 12.6. The van der Waals surface area contributed by atoms with Crippen LogP contribution in [0.15, 0.2) is 36.4 Å². The van der Waals surface area contributed by atoms with Gasteiger partial charge >= 0.3 is 0 Å². The summed E-state index contributed by atoms with van der Waals surface area (Å²) >= 11 is 1.60. The molecule has 0 radical (unpaired) electrons. The molecule has 1 aromatic heterocycles. The maximum absolute atomic E-state index is 6.54. The summed E-state index contributed by atoms with van der Waals surface area (Å²) in [6.45, 7) is 0. The average Bonchev–Trinajstić information content (AvgIpc) is 3.14. The van der Waals surface area contributed by atoms with E-state index < -0.39 is 0 Å². The van der Waals surface area contributed by atoms with E-state index in [1.54, 1.807) is 11.3 Å². The second kappa shape index (κ2) is 4.23. The molecule has 1 spiro atoms. The van der Waals surface area contributed by atoms with E-state index in [-0.39, 0.29) is 5.60 Å². The van der Waals surface area contributed by atoms with Crippen LogP contribution in [0.3, 0.4) is 0 Å². The second-order valence-corrected chi connectivity index (χ2v) is 7.22. The molecular formula is C18H16N2OS. The SMILES string of the molecule is Nc1nc2c(s1)C1(CCCC1)Oc1ccc3ccccc3c1-2. The van der Waals surface area contributed by atoms with Gasteiger partial charge in [0.2, 0.25) is 0 Å². The third-order valence-corrected chi connectivity index (χ3v) is 5.97. The molecule has 2 N–H and O–H groups in total. The molecule has 0 unspecified atom stereocenters. The minimum atomic E-state index is -0.194. The van der Waals surface area contributed by atoms with Gasteiger partial charge in [-0.15, -0.1) is 0 Å². The van der Waals surface area contributed by atoms with Crippen LogP contribution in [0.2, 0.25) is 0 Å². The first-order valence-electron chi connectivity index (χ1n) is 7.75. The lowest BCUT2D eigenvalue weighted by atomic mass is 9.90. The third kappa shape index (κ3) is 1.53. The number of nitrogen functional groups attached to an aromatic ring is 1. The Labute approximate surface area is 132 Å². The van der Waals surface area contributed by atoms with Gasteiger partial charge in [-0.05, 0) is 42.5 Å². The van der Waals surface area contributed by atoms with Crippen LogP contribution in [0.25, 0.3) is 22.0 Å². The van der Waals surface area contributed by atoms with Crippen LogP contribution in [0.4, 0.5) is 5.13 Å². The van der Waals surface area contributed by atoms with Crippen LogP contribution in [-0.2, 0) is 5.60 Å². The van der Waals surface area contributed by atoms with Crippen LogP contribution in [-0.4, -0.2) is 4.98 Å². The average molecular weight is 308 g/mol. The van der Waals surface area contributed by atoms with Gasteiger partial charge in [0, 0.05) is 0 Å². The fraction of sp³-hybridized carbons (Fsp3) is 0.278. The number of nitrogens with two attached hydrogens (primary N) is 1. The molecule has 110 valence electrons. The number of hydrogen-bond donors (Lipinski definition) is 1. The number of fused-ring (bicyclic) bond motifs is 6. The van der Waals surface area contributed by atoms with E-state index in [0.717, 1.165) is 29.8 Å². The number of nitrogens with zero attached hydrogens (tertiary/aromatic N) is 1. The Morgan fingerprint density at radius 2 is 1.91 bits per heavy atom. The minimum Gasteiger partial charge on any atom is -0.481 e. The summed E-state index contributed by atoms with van der Waals surface area (Å²) < 4.78 is 6.54. The Kier molecular flexibility index (Phi) is 2.40. The van der Waals surface area contributed by atoms with Crippen LogP contribution >= 0.6 is 11.3 Å². The molecule has 0 saturated heterocycles. The fourth-order valence-corrected chi connectivity index (χ4v) is 4.95. The monoisotopic (exact) mass is 308 g/mol. The van der Waals surface area contributed by atoms with Gasteiger partial charge in [-0.3, -0.25) is 0 Å². The lowest BCUT2D eigenvalue weighted by Gasteiger charge is -2.35. The zero-order valence-electron chi connectivity index (χ0n) is 12.1. The Morgan fingerprint density at radius 3 is 2.77 bits per heavy atom. The Hall–Kier alpha value is -2.07. The van der Waals surface area contributed by atoms with Crippen LogP contribution < -0.4 is 10.5 Å². The molecule has 2 aliphatic rings. The second-order valence-electron chi connectivity index (χ2n) is 6.19. The highest BCUT2D eigenvalue weighted by atomic mass is 32.1. The summed E-state index contributed by atoms with van der Waals surface area (Å²) in [5.41, 5.74) is 8.02. The quantitative estimate of drug-likeness (QED) is 0.654. The summed E-state index contributed by atoms with van der Waals surface area (Å²) in [7, 11) is 0. The Balaban J connectivity index is 1.87. The van der Waals surface area contributed by atoms with Gasteiger partial charge in [0.25, 0.3) is 0 Å². The van der Waals surface area contributed by atoms with Crippen molar-refractivity contribution in [2.45, 2.75) is 31.3 Å². The van der Waals surface area contributed by atoms with Crippen molar-refractivity contribution in [2.24, 2.45) is 0 Å². The van der Waals surface area contributed by atoms with Crippen molar-refractivity contribution in [1.82, 2.24) is 4.98 Å². The van der Waals surface area contributed by atoms with E-state index >= 15 is 0 Å². The van der Waals surface area contributed by atoms with Crippen molar-refractivity contribution in [3.05, 3.63) is 41.3 Å². The van der Waals surface area contributed by atoms with Crippen molar-refractivity contribution in [3.63, 3.8) is 0 Å². The van der Waals surface area contributed by atoms with Gasteiger partial charge in [0.1, 0.15) is 11.4 Å². The smallest absolute Gasteiger partial charge is 0.180 e. The first-order valence-corrected chi connectivity index (χ1v) is 8.56. The number of aromatic nitrogens is 1. The number of ether oxygens (including phenoxy) is 1. The topological polar surface area (TPSA) is 48.1 Å². The number of rotatable bonds is 0. The number of thiazole rings is 1. The van der Waals surface area contributed by atoms with Gasteiger partial charge in [0.15, 0.2) is 5.13 Å². The molecule has 2 heterocycles. The largest absolute Gasteiger partial charge is 0.481 e. The molecule has 2 aromatic carbocycles. The van der Waals surface area contributed by atoms with Crippen molar-refractivity contribution in [2.75, 3.05) is 5.73 Å². The molecule has 1 fully saturated rings. The first-order chi connectivity index (χ1) is 10.8. The standard InChI is InChI=1S/C18H16N2OS/c19-17-20-15-14-12-6-2-1-5-11(12)7-8-13(14)21-18(16(15)22-17)9-3-4-10-18/h1-2,5-8H,3-4,9-10H2,(H2,19,20). The number of hydrogen-bond acceptors (Lipinski definition) is 4. The minimum absolute atomic E-state index is 0.194. The summed E-state index contributed by atoms with van der Waals surface area (Å²) in [5, 5.41) is 3.05. The molecule has 0 bridgehead atoms. The van der Waals surface area contributed by atoms with Crippen molar-refractivity contribution >= 4 is 27.2 Å². The maximum Gasteiger partial charge on any atom is 0.180 e. The Morgan fingerprint density at radius 1 is 1.09 bits per heavy atom. The molecule has 1 aliphatic carbocycles. The highest BCUT2D eigenvalue weighted by Gasteiger charge is 2.46. The molecular weight excluding hydrogens is 292 g/mol. The van der Waals surface area contributed by atoms with Gasteiger partial charge in [-0.2, -0.15) is 0 Å². The molecule has 0 amide bonds. The number of anilines is 1. The van der Waals surface area contributed by atoms with Gasteiger partial charge in [-0.25, -0.2) is 4.98 Å². The maximum atomic E-state index is 6.54. The molecule has 3 nitrogen and oxygen atoms in total. The van der Waals surface area contributed by atoms with E-state index in [2.05, 4.69) is 41.4 Å². The van der Waals surface area contributed by atoms with E-state index in [1.165, 1.54) is 28.5 Å².